The summed E-state index contributed by atoms with van der Waals surface area (Å²) >= 11 is 0. The summed E-state index contributed by atoms with van der Waals surface area (Å²) in [5, 5.41) is 28.3. The van der Waals surface area contributed by atoms with E-state index in [1.807, 2.05) is 6.08 Å². The van der Waals surface area contributed by atoms with E-state index >= 15 is 0 Å². The molecule has 3 amide bonds. The van der Waals surface area contributed by atoms with Gasteiger partial charge in [0, 0.05) is 29.5 Å². The molecule has 6 N–H and O–H groups in total. The fourth-order valence-corrected chi connectivity index (χ4v) is 2.74. The van der Waals surface area contributed by atoms with Crippen LogP contribution in [0.2, 0.25) is 0 Å². The highest BCUT2D eigenvalue weighted by Gasteiger charge is 2.26. The van der Waals surface area contributed by atoms with Crippen LogP contribution < -0.4 is 21.3 Å². The van der Waals surface area contributed by atoms with E-state index in [1.165, 1.54) is 6.08 Å². The van der Waals surface area contributed by atoms with Gasteiger partial charge < -0.3 is 26.5 Å². The lowest BCUT2D eigenvalue weighted by atomic mass is 10.1. The van der Waals surface area contributed by atoms with E-state index in [4.69, 9.17) is 5.41 Å². The number of phenolic OH excluding ortho intramolecular Hbond substituents is 1. The summed E-state index contributed by atoms with van der Waals surface area (Å²) in [5.74, 6) is 0.691. The predicted octanol–water partition coefficient (Wildman–Crippen LogP) is 0.962. The maximum atomic E-state index is 11.8. The van der Waals surface area contributed by atoms with Crippen molar-refractivity contribution in [1.29, 1.82) is 5.41 Å². The third kappa shape index (κ3) is 3.78. The number of amides is 3. The highest BCUT2D eigenvalue weighted by atomic mass is 16.3. The van der Waals surface area contributed by atoms with Crippen LogP contribution in [0.1, 0.15) is 18.4 Å². The van der Waals surface area contributed by atoms with Gasteiger partial charge in [0.1, 0.15) is 23.1 Å². The first kappa shape index (κ1) is 17.5. The molecule has 2 aliphatic heterocycles. The molecule has 1 aromatic rings. The quantitative estimate of drug-likeness (QED) is 0.257. The van der Waals surface area contributed by atoms with Gasteiger partial charge in [-0.05, 0) is 43.2 Å². The van der Waals surface area contributed by atoms with Gasteiger partial charge in [-0.15, -0.1) is 0 Å². The number of imide groups is 1. The SMILES string of the molecule is N=CC(/C=C1\NC(=O)NC1=O)=C1/N=C(c2ccc(O)cc2)C=C(NC2CC2)N1. The predicted molar refractivity (Wildman–Crippen MR) is 103 cm³/mol. The molecule has 142 valence electrons. The molecule has 9 nitrogen and oxygen atoms in total. The standard InChI is InChI=1S/C19H18N6O3/c20-9-11(7-15-18(27)25-19(28)23-15)17-22-14(10-1-5-13(26)6-2-10)8-16(24-17)21-12-3-4-12/h1-2,5-9,12,20-21,24,26H,3-4H2,(H2,23,25,27,28)/b15-7-,17-11-,20-9?. The fraction of sp³-hybridized carbons (Fsp3) is 0.158. The summed E-state index contributed by atoms with van der Waals surface area (Å²) in [6.07, 6.45) is 6.47. The molecular weight excluding hydrogens is 360 g/mol. The van der Waals surface area contributed by atoms with Crippen molar-refractivity contribution < 1.29 is 14.7 Å². The summed E-state index contributed by atoms with van der Waals surface area (Å²) in [4.78, 5) is 27.7. The molecule has 0 unspecified atom stereocenters. The van der Waals surface area contributed by atoms with Crippen LogP contribution in [0.25, 0.3) is 0 Å². The van der Waals surface area contributed by atoms with Crippen LogP contribution in [0.5, 0.6) is 5.75 Å². The smallest absolute Gasteiger partial charge is 0.326 e. The van der Waals surface area contributed by atoms with Crippen molar-refractivity contribution in [3.63, 3.8) is 0 Å². The van der Waals surface area contributed by atoms with E-state index in [0.29, 0.717) is 23.1 Å². The molecule has 28 heavy (non-hydrogen) atoms. The molecule has 1 aromatic carbocycles. The molecule has 2 heterocycles. The summed E-state index contributed by atoms with van der Waals surface area (Å²) in [6, 6.07) is 6.42. The summed E-state index contributed by atoms with van der Waals surface area (Å²) in [7, 11) is 0. The van der Waals surface area contributed by atoms with Crippen LogP contribution in [0, 0.1) is 5.41 Å². The second-order valence-corrected chi connectivity index (χ2v) is 6.56. The Morgan fingerprint density at radius 1 is 1.18 bits per heavy atom. The minimum Gasteiger partial charge on any atom is -0.508 e. The number of hydrogen-bond donors (Lipinski definition) is 6. The number of rotatable bonds is 5. The highest BCUT2D eigenvalue weighted by molar-refractivity contribution is 6.13. The maximum Gasteiger partial charge on any atom is 0.326 e. The lowest BCUT2D eigenvalue weighted by molar-refractivity contribution is -0.115. The van der Waals surface area contributed by atoms with Crippen molar-refractivity contribution in [2.45, 2.75) is 18.9 Å². The monoisotopic (exact) mass is 378 g/mol. The minimum absolute atomic E-state index is 0.0467. The lowest BCUT2D eigenvalue weighted by Crippen LogP contribution is -2.32. The van der Waals surface area contributed by atoms with E-state index in [-0.39, 0.29) is 11.4 Å². The Labute approximate surface area is 160 Å². The topological polar surface area (TPSA) is 139 Å². The van der Waals surface area contributed by atoms with Crippen molar-refractivity contribution >= 4 is 23.9 Å². The number of aliphatic imine (C=N–C) groups is 1. The molecular formula is C19H18N6O3. The first-order valence-corrected chi connectivity index (χ1v) is 8.74. The number of carbonyl (C=O) groups excluding carboxylic acids is 2. The van der Waals surface area contributed by atoms with Gasteiger partial charge in [-0.1, -0.05) is 0 Å². The Hall–Kier alpha value is -3.88. The number of allylic oxidation sites excluding steroid dienone is 3. The van der Waals surface area contributed by atoms with Gasteiger partial charge in [0.2, 0.25) is 0 Å². The van der Waals surface area contributed by atoms with E-state index < -0.39 is 11.9 Å². The van der Waals surface area contributed by atoms with Gasteiger partial charge in [-0.2, -0.15) is 0 Å². The number of urea groups is 1. The average molecular weight is 378 g/mol. The highest BCUT2D eigenvalue weighted by Crippen LogP contribution is 2.23. The van der Waals surface area contributed by atoms with Crippen molar-refractivity contribution in [1.82, 2.24) is 21.3 Å². The summed E-state index contributed by atoms with van der Waals surface area (Å²) in [6.45, 7) is 0. The fourth-order valence-electron chi connectivity index (χ4n) is 2.74. The molecule has 0 aromatic heterocycles. The minimum atomic E-state index is -0.605. The van der Waals surface area contributed by atoms with Crippen LogP contribution in [0.4, 0.5) is 4.79 Å². The molecule has 1 aliphatic carbocycles. The molecule has 1 saturated carbocycles. The molecule has 0 radical (unpaired) electrons. The van der Waals surface area contributed by atoms with Gasteiger partial charge in [0.15, 0.2) is 0 Å². The Kier molecular flexibility index (Phi) is 4.40. The molecule has 9 heteroatoms. The second-order valence-electron chi connectivity index (χ2n) is 6.56. The van der Waals surface area contributed by atoms with Gasteiger partial charge in [-0.3, -0.25) is 10.1 Å². The van der Waals surface area contributed by atoms with E-state index in [9.17, 15) is 14.7 Å². The average Bonchev–Trinajstić information content (AvgIpc) is 3.43. The largest absolute Gasteiger partial charge is 0.508 e. The van der Waals surface area contributed by atoms with Gasteiger partial charge in [0.05, 0.1) is 5.71 Å². The zero-order valence-corrected chi connectivity index (χ0v) is 14.7. The Balaban J connectivity index is 1.74. The van der Waals surface area contributed by atoms with Crippen LogP contribution in [-0.4, -0.2) is 35.0 Å². The van der Waals surface area contributed by atoms with E-state index in [2.05, 4.69) is 26.3 Å². The molecule has 0 bridgehead atoms. The van der Waals surface area contributed by atoms with E-state index in [0.717, 1.165) is 30.4 Å². The number of phenols is 1. The summed E-state index contributed by atoms with van der Waals surface area (Å²) < 4.78 is 0. The van der Waals surface area contributed by atoms with Crippen molar-refractivity contribution in [2.24, 2.45) is 4.99 Å². The van der Waals surface area contributed by atoms with Gasteiger partial charge in [0.25, 0.3) is 5.91 Å². The molecule has 2 fully saturated rings. The third-order valence-corrected chi connectivity index (χ3v) is 4.32. The number of aromatic hydroxyl groups is 1. The van der Waals surface area contributed by atoms with Gasteiger partial charge >= 0.3 is 6.03 Å². The second kappa shape index (κ2) is 7.03. The summed E-state index contributed by atoms with van der Waals surface area (Å²) in [5.41, 5.74) is 1.79. The van der Waals surface area contributed by atoms with Crippen LogP contribution >= 0.6 is 0 Å². The third-order valence-electron chi connectivity index (χ3n) is 4.32. The Morgan fingerprint density at radius 3 is 2.54 bits per heavy atom. The van der Waals surface area contributed by atoms with Crippen molar-refractivity contribution in [3.05, 3.63) is 64.9 Å². The lowest BCUT2D eigenvalue weighted by Gasteiger charge is -2.20. The van der Waals surface area contributed by atoms with Crippen molar-refractivity contribution in [3.8, 4) is 5.75 Å². The van der Waals surface area contributed by atoms with Crippen LogP contribution in [0.3, 0.4) is 0 Å². The molecule has 3 aliphatic rings. The normalized spacial score (nSPS) is 21.9. The zero-order valence-electron chi connectivity index (χ0n) is 14.7. The molecule has 0 atom stereocenters. The maximum absolute atomic E-state index is 11.8. The zero-order chi connectivity index (χ0) is 19.7. The first-order chi connectivity index (χ1) is 13.5. The number of benzene rings is 1. The number of nitrogens with one attached hydrogen (secondary N) is 5. The number of nitrogens with zero attached hydrogens (tertiary/aromatic N) is 1. The van der Waals surface area contributed by atoms with E-state index in [1.54, 1.807) is 24.3 Å². The Morgan fingerprint density at radius 2 is 1.93 bits per heavy atom. The number of carbonyl (C=O) groups is 2. The molecule has 1 saturated heterocycles. The van der Waals surface area contributed by atoms with Crippen LogP contribution in [-0.2, 0) is 4.79 Å². The molecule has 0 spiro atoms. The van der Waals surface area contributed by atoms with Crippen LogP contribution in [0.15, 0.2) is 64.3 Å². The first-order valence-electron chi connectivity index (χ1n) is 8.74. The van der Waals surface area contributed by atoms with Gasteiger partial charge in [-0.25, -0.2) is 9.79 Å². The molecule has 4 rings (SSSR count). The Bertz CT molecular complexity index is 983. The van der Waals surface area contributed by atoms with Crippen molar-refractivity contribution in [2.75, 3.05) is 0 Å². The number of hydrogen-bond acceptors (Lipinski definition) is 7.